The second-order valence-corrected chi connectivity index (χ2v) is 8.10. The van der Waals surface area contributed by atoms with Crippen molar-refractivity contribution in [3.05, 3.63) is 59.9 Å². The SMILES string of the molecule is CCC(=O)N[C@H]1CC[C@@H](n2nncc2-c2ccc(-c3ccc4c(c3)C=CC4)nc2)C1. The summed E-state index contributed by atoms with van der Waals surface area (Å²) in [4.78, 5) is 16.4. The number of allylic oxidation sites excluding steroid dienone is 1. The minimum Gasteiger partial charge on any atom is -0.353 e. The molecule has 2 aromatic heterocycles. The van der Waals surface area contributed by atoms with E-state index in [9.17, 15) is 4.79 Å². The van der Waals surface area contributed by atoms with Crippen molar-refractivity contribution < 1.29 is 4.79 Å². The first kappa shape index (κ1) is 18.7. The number of nitrogens with zero attached hydrogens (tertiary/aromatic N) is 4. The van der Waals surface area contributed by atoms with Crippen molar-refractivity contribution in [3.63, 3.8) is 0 Å². The molecule has 6 heteroatoms. The molecule has 0 spiro atoms. The first-order chi connectivity index (χ1) is 14.7. The van der Waals surface area contributed by atoms with E-state index in [0.717, 1.165) is 48.2 Å². The predicted octanol–water partition coefficient (Wildman–Crippen LogP) is 4.20. The smallest absolute Gasteiger partial charge is 0.219 e. The molecule has 1 aromatic carbocycles. The fourth-order valence-electron chi connectivity index (χ4n) is 4.48. The molecule has 2 heterocycles. The zero-order valence-electron chi connectivity index (χ0n) is 17.1. The van der Waals surface area contributed by atoms with Crippen LogP contribution in [0.1, 0.15) is 49.8 Å². The lowest BCUT2D eigenvalue weighted by Crippen LogP contribution is -2.32. The monoisotopic (exact) mass is 399 g/mol. The number of carbonyl (C=O) groups excluding carboxylic acids is 1. The number of hydrogen-bond donors (Lipinski definition) is 1. The van der Waals surface area contributed by atoms with Crippen LogP contribution in [0.25, 0.3) is 28.6 Å². The summed E-state index contributed by atoms with van der Waals surface area (Å²) in [6, 6.07) is 11.1. The first-order valence-corrected chi connectivity index (χ1v) is 10.7. The van der Waals surface area contributed by atoms with Gasteiger partial charge < -0.3 is 5.32 Å². The van der Waals surface area contributed by atoms with Crippen molar-refractivity contribution in [2.45, 2.75) is 51.1 Å². The Balaban J connectivity index is 1.34. The third kappa shape index (κ3) is 3.54. The number of aromatic nitrogens is 4. The molecule has 1 N–H and O–H groups in total. The Morgan fingerprint density at radius 1 is 1.17 bits per heavy atom. The normalized spacial score (nSPS) is 19.8. The summed E-state index contributed by atoms with van der Waals surface area (Å²) in [5, 5.41) is 11.6. The van der Waals surface area contributed by atoms with E-state index in [2.05, 4.69) is 58.1 Å². The first-order valence-electron chi connectivity index (χ1n) is 10.7. The number of nitrogens with one attached hydrogen (secondary N) is 1. The Hall–Kier alpha value is -3.28. The van der Waals surface area contributed by atoms with Gasteiger partial charge >= 0.3 is 0 Å². The minimum atomic E-state index is 0.112. The standard InChI is InChI=1S/C24H25N5O/c1-2-24(30)27-20-9-10-21(13-20)29-23(15-26-28-29)19-8-11-22(25-14-19)18-7-6-16-4-3-5-17(16)12-18/h3,5-8,11-12,14-15,20-21H,2,4,9-10,13H2,1H3,(H,27,30)/t20-,21+/m0/s1. The fourth-order valence-corrected chi connectivity index (χ4v) is 4.48. The second kappa shape index (κ2) is 7.86. The van der Waals surface area contributed by atoms with E-state index in [-0.39, 0.29) is 18.0 Å². The average molecular weight is 399 g/mol. The van der Waals surface area contributed by atoms with Gasteiger partial charge in [0.05, 0.1) is 23.6 Å². The van der Waals surface area contributed by atoms with Gasteiger partial charge in [-0.25, -0.2) is 4.68 Å². The van der Waals surface area contributed by atoms with E-state index in [4.69, 9.17) is 4.98 Å². The lowest BCUT2D eigenvalue weighted by molar-refractivity contribution is -0.121. The van der Waals surface area contributed by atoms with Crippen LogP contribution in [0.5, 0.6) is 0 Å². The molecular weight excluding hydrogens is 374 g/mol. The van der Waals surface area contributed by atoms with Crippen molar-refractivity contribution >= 4 is 12.0 Å². The number of rotatable bonds is 5. The Labute approximate surface area is 176 Å². The van der Waals surface area contributed by atoms with Crippen molar-refractivity contribution in [1.82, 2.24) is 25.3 Å². The van der Waals surface area contributed by atoms with Gasteiger partial charge in [-0.05, 0) is 55.0 Å². The third-order valence-electron chi connectivity index (χ3n) is 6.15. The van der Waals surface area contributed by atoms with E-state index >= 15 is 0 Å². The lowest BCUT2D eigenvalue weighted by Gasteiger charge is -2.15. The highest BCUT2D eigenvalue weighted by Crippen LogP contribution is 2.33. The van der Waals surface area contributed by atoms with Gasteiger partial charge in [0, 0.05) is 29.8 Å². The second-order valence-electron chi connectivity index (χ2n) is 8.10. The number of carbonyl (C=O) groups is 1. The molecule has 6 nitrogen and oxygen atoms in total. The maximum atomic E-state index is 11.7. The molecule has 2 atom stereocenters. The Morgan fingerprint density at radius 3 is 2.90 bits per heavy atom. The molecule has 0 unspecified atom stereocenters. The summed E-state index contributed by atoms with van der Waals surface area (Å²) >= 11 is 0. The van der Waals surface area contributed by atoms with Crippen molar-refractivity contribution in [1.29, 1.82) is 0 Å². The molecule has 1 saturated carbocycles. The highest BCUT2D eigenvalue weighted by Gasteiger charge is 2.29. The van der Waals surface area contributed by atoms with Crippen LogP contribution in [0.2, 0.25) is 0 Å². The summed E-state index contributed by atoms with van der Waals surface area (Å²) in [5.74, 6) is 0.112. The molecule has 2 aliphatic carbocycles. The van der Waals surface area contributed by atoms with Crippen molar-refractivity contribution in [3.8, 4) is 22.5 Å². The van der Waals surface area contributed by atoms with Crippen LogP contribution >= 0.6 is 0 Å². The Morgan fingerprint density at radius 2 is 2.07 bits per heavy atom. The zero-order valence-corrected chi connectivity index (χ0v) is 17.1. The molecule has 30 heavy (non-hydrogen) atoms. The van der Waals surface area contributed by atoms with Crippen molar-refractivity contribution in [2.24, 2.45) is 0 Å². The third-order valence-corrected chi connectivity index (χ3v) is 6.15. The van der Waals surface area contributed by atoms with Crippen molar-refractivity contribution in [2.75, 3.05) is 0 Å². The average Bonchev–Trinajstić information content (AvgIpc) is 3.53. The van der Waals surface area contributed by atoms with Gasteiger partial charge in [0.25, 0.3) is 0 Å². The number of pyridine rings is 1. The molecule has 1 amide bonds. The van der Waals surface area contributed by atoms with Crippen LogP contribution in [0.4, 0.5) is 0 Å². The quantitative estimate of drug-likeness (QED) is 0.698. The predicted molar refractivity (Wildman–Crippen MR) is 117 cm³/mol. The molecule has 0 saturated heterocycles. The number of hydrogen-bond acceptors (Lipinski definition) is 4. The van der Waals surface area contributed by atoms with Crippen LogP contribution < -0.4 is 5.32 Å². The number of amides is 1. The van der Waals surface area contributed by atoms with Gasteiger partial charge in [-0.3, -0.25) is 9.78 Å². The Bertz CT molecular complexity index is 1100. The summed E-state index contributed by atoms with van der Waals surface area (Å²) in [6.45, 7) is 1.88. The molecule has 0 bridgehead atoms. The molecule has 0 aliphatic heterocycles. The van der Waals surface area contributed by atoms with Crippen LogP contribution in [0.3, 0.4) is 0 Å². The molecule has 0 radical (unpaired) electrons. The molecule has 1 fully saturated rings. The zero-order chi connectivity index (χ0) is 20.5. The van der Waals surface area contributed by atoms with Gasteiger partial charge in [-0.1, -0.05) is 36.4 Å². The summed E-state index contributed by atoms with van der Waals surface area (Å²) in [5.41, 5.74) is 6.72. The maximum Gasteiger partial charge on any atom is 0.219 e. The summed E-state index contributed by atoms with van der Waals surface area (Å²) < 4.78 is 2.00. The summed E-state index contributed by atoms with van der Waals surface area (Å²) in [6.07, 6.45) is 12.5. The minimum absolute atomic E-state index is 0.112. The van der Waals surface area contributed by atoms with Crippen LogP contribution in [-0.2, 0) is 11.2 Å². The molecule has 152 valence electrons. The fraction of sp³-hybridized carbons (Fsp3) is 0.333. The maximum absolute atomic E-state index is 11.7. The topological polar surface area (TPSA) is 72.7 Å². The van der Waals surface area contributed by atoms with E-state index < -0.39 is 0 Å². The van der Waals surface area contributed by atoms with Crippen LogP contribution in [0.15, 0.2) is 48.8 Å². The Kier molecular flexibility index (Phi) is 4.91. The lowest BCUT2D eigenvalue weighted by atomic mass is 10.0. The van der Waals surface area contributed by atoms with Gasteiger partial charge in [0.1, 0.15) is 0 Å². The van der Waals surface area contributed by atoms with E-state index in [1.165, 1.54) is 11.1 Å². The molecule has 2 aliphatic rings. The van der Waals surface area contributed by atoms with E-state index in [1.54, 1.807) is 6.20 Å². The number of benzene rings is 1. The largest absolute Gasteiger partial charge is 0.353 e. The highest BCUT2D eigenvalue weighted by molar-refractivity contribution is 5.75. The van der Waals surface area contributed by atoms with Gasteiger partial charge in [-0.15, -0.1) is 5.10 Å². The van der Waals surface area contributed by atoms with Gasteiger partial charge in [-0.2, -0.15) is 0 Å². The highest BCUT2D eigenvalue weighted by atomic mass is 16.1. The van der Waals surface area contributed by atoms with Gasteiger partial charge in [0.2, 0.25) is 5.91 Å². The molecule has 3 aromatic rings. The summed E-state index contributed by atoms with van der Waals surface area (Å²) in [7, 11) is 0. The van der Waals surface area contributed by atoms with Crippen LogP contribution in [-0.4, -0.2) is 31.9 Å². The molecule has 5 rings (SSSR count). The van der Waals surface area contributed by atoms with E-state index in [0.29, 0.717) is 6.42 Å². The molecular formula is C24H25N5O. The number of fused-ring (bicyclic) bond motifs is 1. The van der Waals surface area contributed by atoms with E-state index in [1.807, 2.05) is 17.8 Å². The van der Waals surface area contributed by atoms with Crippen LogP contribution in [0, 0.1) is 0 Å². The van der Waals surface area contributed by atoms with Gasteiger partial charge in [0.15, 0.2) is 0 Å².